The second-order valence-electron chi connectivity index (χ2n) is 8.29. The van der Waals surface area contributed by atoms with Crippen molar-refractivity contribution in [3.8, 4) is 23.0 Å². The van der Waals surface area contributed by atoms with Crippen LogP contribution in [0.2, 0.25) is 0 Å². The Labute approximate surface area is 255 Å². The molecule has 0 aliphatic heterocycles. The zero-order valence-corrected chi connectivity index (χ0v) is 24.8. The van der Waals surface area contributed by atoms with Crippen LogP contribution in [-0.2, 0) is 0 Å². The van der Waals surface area contributed by atoms with Crippen molar-refractivity contribution >= 4 is 23.6 Å². The first-order valence-corrected chi connectivity index (χ1v) is 12.7. The normalized spacial score (nSPS) is 9.18. The lowest BCUT2D eigenvalue weighted by molar-refractivity contribution is -0.256. The van der Waals surface area contributed by atoms with Gasteiger partial charge in [-0.1, -0.05) is 48.5 Å². The number of carbonyl (C=O) groups excluding carboxylic acids is 2. The fourth-order valence-corrected chi connectivity index (χ4v) is 3.37. The molecule has 4 aromatic carbocycles. The average Bonchev–Trinajstić information content (AvgIpc) is 3.05. The first kappa shape index (κ1) is 36.0. The van der Waals surface area contributed by atoms with E-state index < -0.39 is 11.9 Å². The largest absolute Gasteiger partial charge is 0.545 e. The second-order valence-corrected chi connectivity index (χ2v) is 8.29. The van der Waals surface area contributed by atoms with Gasteiger partial charge in [0.25, 0.3) is 11.7 Å². The third kappa shape index (κ3) is 11.4. The Morgan fingerprint density at radius 3 is 0.909 bits per heavy atom. The molecule has 0 heterocycles. The zero-order chi connectivity index (χ0) is 33.1. The van der Waals surface area contributed by atoms with Crippen LogP contribution in [0.4, 0.5) is 0 Å². The molecule has 0 atom stereocenters. The molecule has 0 saturated carbocycles. The van der Waals surface area contributed by atoms with Crippen molar-refractivity contribution in [1.29, 1.82) is 0 Å². The van der Waals surface area contributed by atoms with E-state index in [9.17, 15) is 19.8 Å². The number of rotatable bonds is 8. The van der Waals surface area contributed by atoms with Crippen LogP contribution in [0.1, 0.15) is 31.8 Å². The fraction of sp³-hybridized carbons (Fsp3) is 0.125. The van der Waals surface area contributed by atoms with Gasteiger partial charge in [-0.2, -0.15) is 0 Å². The summed E-state index contributed by atoms with van der Waals surface area (Å²) in [5, 5.41) is 32.0. The molecule has 8 N–H and O–H groups in total. The number of aromatic carboxylic acids is 2. The minimum atomic E-state index is -1.31. The van der Waals surface area contributed by atoms with Crippen LogP contribution >= 0.6 is 0 Å². The predicted octanol–water partition coefficient (Wildman–Crippen LogP) is -1.56. The highest BCUT2D eigenvalue weighted by atomic mass is 16.5. The van der Waals surface area contributed by atoms with Crippen molar-refractivity contribution in [1.82, 2.24) is 0 Å². The van der Waals surface area contributed by atoms with E-state index in [4.69, 9.17) is 41.2 Å². The first-order valence-electron chi connectivity index (χ1n) is 12.7. The molecule has 0 spiro atoms. The lowest BCUT2D eigenvalue weighted by atomic mass is 10.2. The summed E-state index contributed by atoms with van der Waals surface area (Å²) in [6.45, 7) is 0. The van der Waals surface area contributed by atoms with Crippen LogP contribution in [0.5, 0.6) is 23.0 Å². The molecule has 12 nitrogen and oxygen atoms in total. The van der Waals surface area contributed by atoms with Gasteiger partial charge in [-0.05, 0) is 48.5 Å². The van der Waals surface area contributed by atoms with Crippen LogP contribution in [-0.4, -0.2) is 52.0 Å². The Morgan fingerprint density at radius 2 is 0.750 bits per heavy atom. The van der Waals surface area contributed by atoms with E-state index in [0.717, 1.165) is 11.1 Å². The summed E-state index contributed by atoms with van der Waals surface area (Å²) in [4.78, 5) is 21.4. The molecule has 232 valence electrons. The van der Waals surface area contributed by atoms with E-state index in [2.05, 4.69) is 0 Å². The number of hydrogen-bond acceptors (Lipinski definition) is 8. The van der Waals surface area contributed by atoms with Crippen LogP contribution < -0.4 is 51.4 Å². The van der Waals surface area contributed by atoms with Crippen LogP contribution in [0.25, 0.3) is 0 Å². The standard InChI is InChI=1S/2C9H10O4.2C7H8N2/c2*1-12-6-4-3-5-7(13-2)8(6)9(10)11;2*8-7(9)6-4-2-1-3-5-6/h2*3-5H,1-2H3,(H,10,11);2*1-5H,(H3,8,9). The molecule has 4 aromatic rings. The van der Waals surface area contributed by atoms with Gasteiger partial charge in [-0.25, -0.2) is 0 Å². The molecule has 0 fully saturated rings. The molecule has 0 aliphatic rings. The predicted molar refractivity (Wildman–Crippen MR) is 161 cm³/mol. The average molecular weight is 605 g/mol. The van der Waals surface area contributed by atoms with Crippen LogP contribution in [0.15, 0.2) is 97.1 Å². The molecule has 0 aliphatic carbocycles. The van der Waals surface area contributed by atoms with E-state index in [1.165, 1.54) is 52.7 Å². The van der Waals surface area contributed by atoms with Gasteiger partial charge in [0.1, 0.15) is 23.0 Å². The highest BCUT2D eigenvalue weighted by molar-refractivity contribution is 5.94. The van der Waals surface area contributed by atoms with Crippen LogP contribution in [0.3, 0.4) is 0 Å². The SMILES string of the molecule is COc1cccc(OC)c1C(=O)[O-].COc1cccc(OC)c1C(=O)[O-].NC(=[NH2+])c1ccccc1.NC(=[NH2+])c1ccccc1. The summed E-state index contributed by atoms with van der Waals surface area (Å²) < 4.78 is 19.4. The number of amidine groups is 2. The maximum absolute atomic E-state index is 10.7. The minimum Gasteiger partial charge on any atom is -0.545 e. The Balaban J connectivity index is 0.000000298. The molecule has 0 unspecified atom stereocenters. The number of carboxylic acids is 2. The van der Waals surface area contributed by atoms with Crippen molar-refractivity contribution in [2.45, 2.75) is 0 Å². The Morgan fingerprint density at radius 1 is 0.500 bits per heavy atom. The molecule has 0 amide bonds. The first-order chi connectivity index (χ1) is 21.0. The Bertz CT molecular complexity index is 1350. The van der Waals surface area contributed by atoms with Gasteiger partial charge in [0.2, 0.25) is 0 Å². The van der Waals surface area contributed by atoms with Gasteiger partial charge in [-0.3, -0.25) is 22.3 Å². The van der Waals surface area contributed by atoms with Gasteiger partial charge in [0.05, 0.1) is 62.6 Å². The number of nitrogens with two attached hydrogens (primary N) is 4. The fourth-order valence-electron chi connectivity index (χ4n) is 3.37. The Hall–Kier alpha value is -6.04. The molecular formula is C32H36N4O8. The molecule has 0 aromatic heterocycles. The number of hydrogen-bond donors (Lipinski definition) is 4. The third-order valence-electron chi connectivity index (χ3n) is 5.48. The minimum absolute atomic E-state index is 0.0625. The number of ether oxygens (including phenoxy) is 4. The molecule has 4 rings (SSSR count). The van der Waals surface area contributed by atoms with Crippen molar-refractivity contribution in [2.24, 2.45) is 11.5 Å². The van der Waals surface area contributed by atoms with Crippen molar-refractivity contribution < 1.29 is 49.6 Å². The monoisotopic (exact) mass is 604 g/mol. The van der Waals surface area contributed by atoms with Crippen molar-refractivity contribution in [2.75, 3.05) is 28.4 Å². The maximum Gasteiger partial charge on any atom is 0.270 e. The topological polar surface area (TPSA) is 220 Å². The molecule has 12 heteroatoms. The third-order valence-corrected chi connectivity index (χ3v) is 5.48. The molecule has 44 heavy (non-hydrogen) atoms. The number of benzene rings is 4. The van der Waals surface area contributed by atoms with Gasteiger partial charge in [0, 0.05) is 0 Å². The number of carboxylic acid groups (broad SMARTS) is 2. The lowest BCUT2D eigenvalue weighted by Gasteiger charge is -2.12. The quantitative estimate of drug-likeness (QED) is 0.134. The van der Waals surface area contributed by atoms with Gasteiger partial charge < -0.3 is 38.7 Å². The number of carbonyl (C=O) groups is 2. The van der Waals surface area contributed by atoms with E-state index in [-0.39, 0.29) is 34.1 Å². The van der Waals surface area contributed by atoms with Crippen molar-refractivity contribution in [3.63, 3.8) is 0 Å². The smallest absolute Gasteiger partial charge is 0.270 e. The summed E-state index contributed by atoms with van der Waals surface area (Å²) in [7, 11) is 5.56. The van der Waals surface area contributed by atoms with E-state index in [1.807, 2.05) is 60.7 Å². The maximum atomic E-state index is 10.7. The zero-order valence-electron chi connectivity index (χ0n) is 24.8. The number of methoxy groups -OCH3 is 4. The van der Waals surface area contributed by atoms with Crippen molar-refractivity contribution in [3.05, 3.63) is 119 Å². The summed E-state index contributed by atoms with van der Waals surface area (Å²) >= 11 is 0. The summed E-state index contributed by atoms with van der Waals surface area (Å²) in [5.74, 6) is -0.938. The lowest BCUT2D eigenvalue weighted by Crippen LogP contribution is -2.46. The summed E-state index contributed by atoms with van der Waals surface area (Å²) in [5.41, 5.74) is 12.3. The molecule has 0 bridgehead atoms. The molecular weight excluding hydrogens is 568 g/mol. The molecule has 0 saturated heterocycles. The van der Waals surface area contributed by atoms with E-state index in [0.29, 0.717) is 11.7 Å². The van der Waals surface area contributed by atoms with Crippen LogP contribution in [0, 0.1) is 0 Å². The van der Waals surface area contributed by atoms with Gasteiger partial charge in [0.15, 0.2) is 0 Å². The molecule has 0 radical (unpaired) electrons. The summed E-state index contributed by atoms with van der Waals surface area (Å²) in [6, 6.07) is 28.3. The second kappa shape index (κ2) is 19.1. The highest BCUT2D eigenvalue weighted by Gasteiger charge is 2.10. The highest BCUT2D eigenvalue weighted by Crippen LogP contribution is 2.27. The van der Waals surface area contributed by atoms with Gasteiger partial charge >= 0.3 is 0 Å². The van der Waals surface area contributed by atoms with E-state index >= 15 is 0 Å². The van der Waals surface area contributed by atoms with E-state index in [1.54, 1.807) is 12.1 Å². The summed E-state index contributed by atoms with van der Waals surface area (Å²) in [6.07, 6.45) is 0. The Kier molecular flexibility index (Phi) is 15.7. The van der Waals surface area contributed by atoms with Gasteiger partial charge in [-0.15, -0.1) is 0 Å².